The molecular formula is C20H23F4N5O3S. The second-order valence-corrected chi connectivity index (χ2v) is 9.33. The van der Waals surface area contributed by atoms with Crippen LogP contribution >= 0.6 is 11.8 Å². The minimum absolute atomic E-state index is 0.0211. The summed E-state index contributed by atoms with van der Waals surface area (Å²) in [5.41, 5.74) is 0.445. The number of H-pyrrole nitrogens is 1. The van der Waals surface area contributed by atoms with E-state index in [4.69, 9.17) is 9.47 Å². The number of thioether (sulfide) groups is 1. The molecule has 2 aliphatic rings. The maximum Gasteiger partial charge on any atom is 0.408 e. The van der Waals surface area contributed by atoms with E-state index in [-0.39, 0.29) is 30.2 Å². The predicted octanol–water partition coefficient (Wildman–Crippen LogP) is 4.49. The fourth-order valence-corrected chi connectivity index (χ4v) is 4.47. The molecule has 1 aliphatic heterocycles. The molecule has 0 unspecified atom stereocenters. The number of hydrogen-bond acceptors (Lipinski definition) is 7. The van der Waals surface area contributed by atoms with Crippen molar-refractivity contribution in [1.82, 2.24) is 20.5 Å². The van der Waals surface area contributed by atoms with Gasteiger partial charge in [0.05, 0.1) is 12.3 Å². The van der Waals surface area contributed by atoms with Gasteiger partial charge in [-0.2, -0.15) is 5.10 Å². The molecule has 0 saturated heterocycles. The summed E-state index contributed by atoms with van der Waals surface area (Å²) in [5, 5.41) is 11.4. The van der Waals surface area contributed by atoms with Gasteiger partial charge in [-0.15, -0.1) is 11.8 Å². The summed E-state index contributed by atoms with van der Waals surface area (Å²) in [5.74, 6) is -4.80. The van der Waals surface area contributed by atoms with Crippen molar-refractivity contribution in [3.8, 4) is 5.88 Å². The van der Waals surface area contributed by atoms with Gasteiger partial charge >= 0.3 is 6.09 Å². The topological polar surface area (TPSA) is 101 Å². The second-order valence-electron chi connectivity index (χ2n) is 8.10. The summed E-state index contributed by atoms with van der Waals surface area (Å²) in [6, 6.07) is 2.95. The molecule has 1 amide bonds. The predicted molar refractivity (Wildman–Crippen MR) is 113 cm³/mol. The number of alkyl carbamates (subject to hydrolysis) is 1. The highest BCUT2D eigenvalue weighted by atomic mass is 32.2. The Bertz CT molecular complexity index is 1030. The minimum Gasteiger partial charge on any atom is -0.477 e. The molecule has 1 saturated carbocycles. The summed E-state index contributed by atoms with van der Waals surface area (Å²) < 4.78 is 70.0. The summed E-state index contributed by atoms with van der Waals surface area (Å²) in [7, 11) is 0. The number of amides is 1. The number of aromatic nitrogens is 3. The van der Waals surface area contributed by atoms with E-state index >= 15 is 8.78 Å². The number of fused-ring (bicyclic) bond motifs is 7. The number of nitrogens with zero attached hydrogens (tertiary/aromatic N) is 2. The normalized spacial score (nSPS) is 29.6. The van der Waals surface area contributed by atoms with Crippen LogP contribution in [0.25, 0.3) is 0 Å². The summed E-state index contributed by atoms with van der Waals surface area (Å²) in [6.07, 6.45) is -2.05. The molecule has 180 valence electrons. The van der Waals surface area contributed by atoms with E-state index in [1.807, 2.05) is 0 Å². The van der Waals surface area contributed by atoms with Crippen LogP contribution < -0.4 is 15.4 Å². The van der Waals surface area contributed by atoms with Gasteiger partial charge in [0, 0.05) is 30.3 Å². The molecule has 33 heavy (non-hydrogen) atoms. The number of alkyl halides is 3. The number of nitrogens with one attached hydrogen (secondary N) is 3. The maximum absolute atomic E-state index is 15.0. The van der Waals surface area contributed by atoms with Crippen LogP contribution in [0.15, 0.2) is 18.3 Å². The van der Waals surface area contributed by atoms with E-state index in [9.17, 15) is 13.6 Å². The first-order valence-electron chi connectivity index (χ1n) is 10.3. The molecule has 1 fully saturated rings. The van der Waals surface area contributed by atoms with Crippen molar-refractivity contribution < 1.29 is 31.8 Å². The molecule has 6 bridgehead atoms. The van der Waals surface area contributed by atoms with Crippen molar-refractivity contribution >= 4 is 29.4 Å². The third-order valence-corrected chi connectivity index (χ3v) is 7.16. The molecule has 0 spiro atoms. The van der Waals surface area contributed by atoms with Gasteiger partial charge in [-0.25, -0.2) is 27.3 Å². The van der Waals surface area contributed by atoms with Crippen LogP contribution in [0.5, 0.6) is 5.88 Å². The zero-order chi connectivity index (χ0) is 23.8. The van der Waals surface area contributed by atoms with Crippen LogP contribution in [-0.2, 0) is 4.74 Å². The van der Waals surface area contributed by atoms with E-state index < -0.39 is 53.9 Å². The van der Waals surface area contributed by atoms with Crippen molar-refractivity contribution in [1.29, 1.82) is 0 Å². The molecule has 0 aromatic carbocycles. The van der Waals surface area contributed by atoms with Gasteiger partial charge < -0.3 is 20.1 Å². The second kappa shape index (κ2) is 8.92. The Kier molecular flexibility index (Phi) is 6.34. The van der Waals surface area contributed by atoms with Gasteiger partial charge in [-0.3, -0.25) is 5.10 Å². The lowest BCUT2D eigenvalue weighted by atomic mass is 10.0. The third kappa shape index (κ3) is 4.68. The highest BCUT2D eigenvalue weighted by Gasteiger charge is 2.51. The Morgan fingerprint density at radius 3 is 2.85 bits per heavy atom. The van der Waals surface area contributed by atoms with Crippen molar-refractivity contribution in [3.63, 3.8) is 0 Å². The first kappa shape index (κ1) is 23.5. The van der Waals surface area contributed by atoms with Gasteiger partial charge in [0.2, 0.25) is 5.88 Å². The lowest BCUT2D eigenvalue weighted by Gasteiger charge is -2.36. The lowest BCUT2D eigenvalue weighted by Crippen LogP contribution is -2.57. The van der Waals surface area contributed by atoms with Crippen molar-refractivity contribution in [2.45, 2.75) is 55.2 Å². The number of anilines is 2. The zero-order valence-corrected chi connectivity index (χ0v) is 18.6. The number of rotatable bonds is 1. The molecule has 3 N–H and O–H groups in total. The number of ether oxygens (including phenoxy) is 2. The summed E-state index contributed by atoms with van der Waals surface area (Å²) >= 11 is 0.723. The molecule has 3 heterocycles. The number of hydrogen-bond donors (Lipinski definition) is 3. The van der Waals surface area contributed by atoms with Crippen LogP contribution in [0.2, 0.25) is 0 Å². The fraction of sp³-hybridized carbons (Fsp3) is 0.550. The maximum atomic E-state index is 15.0. The zero-order valence-electron chi connectivity index (χ0n) is 17.8. The number of pyridine rings is 1. The fourth-order valence-electron chi connectivity index (χ4n) is 3.88. The van der Waals surface area contributed by atoms with Crippen LogP contribution in [0.3, 0.4) is 0 Å². The van der Waals surface area contributed by atoms with Crippen LogP contribution in [0.1, 0.15) is 37.8 Å². The number of aromatic amines is 1. The van der Waals surface area contributed by atoms with E-state index in [1.165, 1.54) is 24.6 Å². The Morgan fingerprint density at radius 2 is 2.09 bits per heavy atom. The molecular weight excluding hydrogens is 466 g/mol. The lowest BCUT2D eigenvalue weighted by molar-refractivity contribution is -0.0617. The Balaban J connectivity index is 1.66. The highest BCUT2D eigenvalue weighted by Crippen LogP contribution is 2.42. The van der Waals surface area contributed by atoms with E-state index in [0.717, 1.165) is 18.7 Å². The average molecular weight is 489 g/mol. The number of halogens is 4. The minimum atomic E-state index is -3.40. The molecule has 4 rings (SSSR count). The SMILES string of the molecule is CS[C@@]1(C)NC(=O)O[C@H]2C[C@H](C[C@H]2F)c2[nH]nc(c2F)Nc2ccnc(c2)OCCC1(F)F. The quantitative estimate of drug-likeness (QED) is 0.507. The van der Waals surface area contributed by atoms with Crippen LogP contribution in [-0.4, -0.2) is 57.2 Å². The molecule has 8 nitrogen and oxygen atoms in total. The molecule has 0 radical (unpaired) electrons. The van der Waals surface area contributed by atoms with Gasteiger partial charge in [0.25, 0.3) is 5.92 Å². The van der Waals surface area contributed by atoms with E-state index in [0.29, 0.717) is 5.69 Å². The Morgan fingerprint density at radius 1 is 1.30 bits per heavy atom. The van der Waals surface area contributed by atoms with Crippen LogP contribution in [0.4, 0.5) is 33.9 Å². The van der Waals surface area contributed by atoms with Gasteiger partial charge in [-0.1, -0.05) is 0 Å². The molecule has 2 aromatic rings. The highest BCUT2D eigenvalue weighted by molar-refractivity contribution is 8.00. The first-order valence-corrected chi connectivity index (χ1v) is 11.5. The standard InChI is InChI=1S/C20H23F4N5O3S/c1-19(33-2)20(23,24)4-6-31-14-9-11(3-5-25-14)26-17-15(22)16(28-29-17)10-7-12(21)13(8-10)32-18(30)27-19/h3,5,9-10,12-13H,4,6-8H2,1-2H3,(H,27,30)(H2,26,28,29)/t10-,12+,13-,19+/m0/s1. The molecule has 13 heteroatoms. The first-order chi connectivity index (χ1) is 15.6. The van der Waals surface area contributed by atoms with Crippen LogP contribution in [0, 0.1) is 5.82 Å². The van der Waals surface area contributed by atoms with E-state index in [2.05, 4.69) is 25.8 Å². The Labute approximate surface area is 191 Å². The third-order valence-electron chi connectivity index (χ3n) is 5.94. The molecule has 2 aromatic heterocycles. The molecule has 1 aliphatic carbocycles. The summed E-state index contributed by atoms with van der Waals surface area (Å²) in [4.78, 5) is 14.3. The average Bonchev–Trinajstić information content (AvgIpc) is 3.29. The number of carbonyl (C=O) groups is 1. The molecule has 4 atom stereocenters. The monoisotopic (exact) mass is 489 g/mol. The smallest absolute Gasteiger partial charge is 0.408 e. The van der Waals surface area contributed by atoms with Gasteiger partial charge in [-0.05, 0) is 32.1 Å². The van der Waals surface area contributed by atoms with Gasteiger partial charge in [0.15, 0.2) is 11.6 Å². The Hall–Kier alpha value is -2.70. The van der Waals surface area contributed by atoms with Crippen molar-refractivity contribution in [2.24, 2.45) is 0 Å². The van der Waals surface area contributed by atoms with Crippen molar-refractivity contribution in [3.05, 3.63) is 29.8 Å². The number of carbonyl (C=O) groups excluding carboxylic acids is 1. The van der Waals surface area contributed by atoms with E-state index in [1.54, 1.807) is 0 Å². The summed E-state index contributed by atoms with van der Waals surface area (Å²) in [6.45, 7) is 0.750. The van der Waals surface area contributed by atoms with Gasteiger partial charge in [0.1, 0.15) is 17.1 Å². The largest absolute Gasteiger partial charge is 0.477 e. The van der Waals surface area contributed by atoms with Crippen molar-refractivity contribution in [2.75, 3.05) is 18.2 Å².